The molecule has 0 aliphatic rings. The van der Waals surface area contributed by atoms with Crippen LogP contribution in [0, 0.1) is 0 Å². The number of benzene rings is 1. The van der Waals surface area contributed by atoms with Crippen molar-refractivity contribution in [2.45, 2.75) is 25.7 Å². The number of pyridine rings is 1. The lowest BCUT2D eigenvalue weighted by Crippen LogP contribution is -2.02. The SMILES string of the molecule is ClCCCCCCNc1ccnc2ccccc12. The Bertz CT molecular complexity index is 479. The van der Waals surface area contributed by atoms with Crippen LogP contribution in [0.15, 0.2) is 36.5 Å². The number of nitrogens with one attached hydrogen (secondary N) is 1. The van der Waals surface area contributed by atoms with Crippen LogP contribution in [0.2, 0.25) is 0 Å². The Morgan fingerprint density at radius 3 is 2.72 bits per heavy atom. The van der Waals surface area contributed by atoms with Crippen LogP contribution in [0.1, 0.15) is 25.7 Å². The van der Waals surface area contributed by atoms with E-state index >= 15 is 0 Å². The van der Waals surface area contributed by atoms with Gasteiger partial charge in [0.15, 0.2) is 0 Å². The van der Waals surface area contributed by atoms with Gasteiger partial charge in [-0.2, -0.15) is 0 Å². The van der Waals surface area contributed by atoms with Gasteiger partial charge in [0.2, 0.25) is 0 Å². The predicted octanol–water partition coefficient (Wildman–Crippen LogP) is 4.45. The minimum atomic E-state index is 0.780. The summed E-state index contributed by atoms with van der Waals surface area (Å²) in [6.07, 6.45) is 6.64. The minimum absolute atomic E-state index is 0.780. The van der Waals surface area contributed by atoms with Crippen molar-refractivity contribution in [2.75, 3.05) is 17.7 Å². The average molecular weight is 263 g/mol. The second-order valence-electron chi connectivity index (χ2n) is 4.41. The van der Waals surface area contributed by atoms with E-state index in [0.29, 0.717) is 0 Å². The Morgan fingerprint density at radius 1 is 1.00 bits per heavy atom. The van der Waals surface area contributed by atoms with Crippen LogP contribution < -0.4 is 5.32 Å². The molecule has 18 heavy (non-hydrogen) atoms. The third-order valence-electron chi connectivity index (χ3n) is 3.02. The molecule has 1 heterocycles. The predicted molar refractivity (Wildman–Crippen MR) is 79.4 cm³/mol. The van der Waals surface area contributed by atoms with Crippen molar-refractivity contribution in [3.63, 3.8) is 0 Å². The summed E-state index contributed by atoms with van der Waals surface area (Å²) in [5.74, 6) is 0.780. The quantitative estimate of drug-likeness (QED) is 0.589. The van der Waals surface area contributed by atoms with E-state index in [1.165, 1.54) is 30.3 Å². The maximum Gasteiger partial charge on any atom is 0.0722 e. The largest absolute Gasteiger partial charge is 0.384 e. The summed E-state index contributed by atoms with van der Waals surface area (Å²) >= 11 is 5.65. The number of hydrogen-bond acceptors (Lipinski definition) is 2. The Balaban J connectivity index is 1.88. The van der Waals surface area contributed by atoms with Gasteiger partial charge < -0.3 is 5.32 Å². The second kappa shape index (κ2) is 7.22. The maximum atomic E-state index is 5.65. The van der Waals surface area contributed by atoms with Crippen LogP contribution in [0.4, 0.5) is 5.69 Å². The van der Waals surface area contributed by atoms with Crippen molar-refractivity contribution in [2.24, 2.45) is 0 Å². The molecule has 0 aliphatic carbocycles. The van der Waals surface area contributed by atoms with Crippen molar-refractivity contribution < 1.29 is 0 Å². The van der Waals surface area contributed by atoms with Gasteiger partial charge in [0.1, 0.15) is 0 Å². The van der Waals surface area contributed by atoms with Gasteiger partial charge in [-0.05, 0) is 25.0 Å². The van der Waals surface area contributed by atoms with Crippen LogP contribution in [-0.4, -0.2) is 17.4 Å². The number of alkyl halides is 1. The molecule has 1 aromatic heterocycles. The smallest absolute Gasteiger partial charge is 0.0722 e. The van der Waals surface area contributed by atoms with Crippen LogP contribution in [0.5, 0.6) is 0 Å². The first-order valence-electron chi connectivity index (χ1n) is 6.55. The summed E-state index contributed by atoms with van der Waals surface area (Å²) < 4.78 is 0. The molecule has 0 aliphatic heterocycles. The molecule has 0 amide bonds. The molecule has 2 rings (SSSR count). The van der Waals surface area contributed by atoms with E-state index in [2.05, 4.69) is 22.4 Å². The number of nitrogens with zero attached hydrogens (tertiary/aromatic N) is 1. The van der Waals surface area contributed by atoms with Gasteiger partial charge in [-0.1, -0.05) is 31.0 Å². The van der Waals surface area contributed by atoms with Gasteiger partial charge in [-0.3, -0.25) is 4.98 Å². The Hall–Kier alpha value is -1.28. The molecule has 0 atom stereocenters. The fourth-order valence-corrected chi connectivity index (χ4v) is 2.24. The van der Waals surface area contributed by atoms with Crippen molar-refractivity contribution in [1.29, 1.82) is 0 Å². The third-order valence-corrected chi connectivity index (χ3v) is 3.29. The van der Waals surface area contributed by atoms with Crippen LogP contribution in [0.25, 0.3) is 10.9 Å². The number of para-hydroxylation sites is 1. The van der Waals surface area contributed by atoms with E-state index in [4.69, 9.17) is 11.6 Å². The number of halogens is 1. The molecular formula is C15H19ClN2. The minimum Gasteiger partial charge on any atom is -0.384 e. The van der Waals surface area contributed by atoms with E-state index in [-0.39, 0.29) is 0 Å². The van der Waals surface area contributed by atoms with Crippen molar-refractivity contribution >= 4 is 28.2 Å². The molecule has 0 spiro atoms. The average Bonchev–Trinajstić information content (AvgIpc) is 2.43. The zero-order valence-electron chi connectivity index (χ0n) is 10.5. The van der Waals surface area contributed by atoms with Gasteiger partial charge in [-0.15, -0.1) is 11.6 Å². The van der Waals surface area contributed by atoms with Crippen LogP contribution in [-0.2, 0) is 0 Å². The lowest BCUT2D eigenvalue weighted by molar-refractivity contribution is 0.688. The van der Waals surface area contributed by atoms with Gasteiger partial charge in [0.05, 0.1) is 5.52 Å². The number of hydrogen-bond donors (Lipinski definition) is 1. The second-order valence-corrected chi connectivity index (χ2v) is 4.78. The standard InChI is InChI=1S/C15H19ClN2/c16-10-5-1-2-6-11-17-15-9-12-18-14-8-4-3-7-13(14)15/h3-4,7-9,12H,1-2,5-6,10-11H2,(H,17,18). The lowest BCUT2D eigenvalue weighted by Gasteiger charge is -2.09. The third kappa shape index (κ3) is 3.61. The normalized spacial score (nSPS) is 10.7. The highest BCUT2D eigenvalue weighted by molar-refractivity contribution is 6.17. The highest BCUT2D eigenvalue weighted by Gasteiger charge is 1.99. The fraction of sp³-hybridized carbons (Fsp3) is 0.400. The first-order chi connectivity index (χ1) is 8.92. The van der Waals surface area contributed by atoms with Gasteiger partial charge in [-0.25, -0.2) is 0 Å². The summed E-state index contributed by atoms with van der Waals surface area (Å²) in [6, 6.07) is 10.3. The number of aromatic nitrogens is 1. The molecule has 0 bridgehead atoms. The molecule has 2 nitrogen and oxygen atoms in total. The first kappa shape index (κ1) is 13.2. The highest BCUT2D eigenvalue weighted by atomic mass is 35.5. The van der Waals surface area contributed by atoms with Crippen molar-refractivity contribution in [3.05, 3.63) is 36.5 Å². The topological polar surface area (TPSA) is 24.9 Å². The van der Waals surface area contributed by atoms with Crippen molar-refractivity contribution in [1.82, 2.24) is 4.98 Å². The fourth-order valence-electron chi connectivity index (χ4n) is 2.05. The van der Waals surface area contributed by atoms with Crippen LogP contribution in [0.3, 0.4) is 0 Å². The molecule has 1 aromatic carbocycles. The zero-order valence-corrected chi connectivity index (χ0v) is 11.3. The number of anilines is 1. The summed E-state index contributed by atoms with van der Waals surface area (Å²) in [7, 11) is 0. The van der Waals surface area contributed by atoms with Gasteiger partial charge in [0.25, 0.3) is 0 Å². The van der Waals surface area contributed by atoms with E-state index in [1.54, 1.807) is 0 Å². The first-order valence-corrected chi connectivity index (χ1v) is 7.09. The Kier molecular flexibility index (Phi) is 5.28. The van der Waals surface area contributed by atoms with Gasteiger partial charge >= 0.3 is 0 Å². The summed E-state index contributed by atoms with van der Waals surface area (Å²) in [6.45, 7) is 1.01. The van der Waals surface area contributed by atoms with E-state index < -0.39 is 0 Å². The van der Waals surface area contributed by atoms with Gasteiger partial charge in [0, 0.05) is 29.7 Å². The lowest BCUT2D eigenvalue weighted by atomic mass is 10.1. The van der Waals surface area contributed by atoms with E-state index in [0.717, 1.165) is 24.4 Å². The molecular weight excluding hydrogens is 244 g/mol. The molecule has 2 aromatic rings. The highest BCUT2D eigenvalue weighted by Crippen LogP contribution is 2.20. The van der Waals surface area contributed by atoms with E-state index in [9.17, 15) is 0 Å². The molecule has 3 heteroatoms. The number of unbranched alkanes of at least 4 members (excludes halogenated alkanes) is 3. The monoisotopic (exact) mass is 262 g/mol. The zero-order chi connectivity index (χ0) is 12.6. The molecule has 0 unspecified atom stereocenters. The number of rotatable bonds is 7. The summed E-state index contributed by atoms with van der Waals surface area (Å²) in [4.78, 5) is 4.36. The van der Waals surface area contributed by atoms with Crippen molar-refractivity contribution in [3.8, 4) is 0 Å². The molecule has 0 saturated heterocycles. The maximum absolute atomic E-state index is 5.65. The number of fused-ring (bicyclic) bond motifs is 1. The molecule has 1 N–H and O–H groups in total. The molecule has 0 radical (unpaired) electrons. The van der Waals surface area contributed by atoms with E-state index in [1.807, 2.05) is 24.4 Å². The summed E-state index contributed by atoms with van der Waals surface area (Å²) in [5.41, 5.74) is 2.22. The summed E-state index contributed by atoms with van der Waals surface area (Å²) in [5, 5.41) is 4.69. The molecule has 96 valence electrons. The Labute approximate surface area is 113 Å². The Morgan fingerprint density at radius 2 is 1.83 bits per heavy atom. The molecule has 0 saturated carbocycles. The molecule has 0 fully saturated rings. The van der Waals surface area contributed by atoms with Crippen LogP contribution >= 0.6 is 11.6 Å².